The first-order valence-electron chi connectivity index (χ1n) is 13.0. The third-order valence-electron chi connectivity index (χ3n) is 4.23. The van der Waals surface area contributed by atoms with Gasteiger partial charge >= 0.3 is 12.0 Å². The van der Waals surface area contributed by atoms with E-state index in [1.807, 2.05) is 34.6 Å². The van der Waals surface area contributed by atoms with Crippen LogP contribution in [0.3, 0.4) is 0 Å². The molecule has 6 N–H and O–H groups in total. The monoisotopic (exact) mass is 642 g/mol. The fourth-order valence-corrected chi connectivity index (χ4v) is 2.33. The summed E-state index contributed by atoms with van der Waals surface area (Å²) in [6, 6.07) is 5.64. The van der Waals surface area contributed by atoms with Crippen LogP contribution in [0.15, 0.2) is 24.3 Å². The molecule has 0 spiro atoms. The number of hydrogen-bond donors (Lipinski definition) is 5. The van der Waals surface area contributed by atoms with Crippen molar-refractivity contribution in [2.75, 3.05) is 18.4 Å². The van der Waals surface area contributed by atoms with Gasteiger partial charge in [-0.15, -0.1) is 0 Å². The second-order valence-corrected chi connectivity index (χ2v) is 7.98. The van der Waals surface area contributed by atoms with Gasteiger partial charge in [0.1, 0.15) is 6.61 Å². The zero-order valence-electron chi connectivity index (χ0n) is 26.0. The van der Waals surface area contributed by atoms with Gasteiger partial charge in [0.25, 0.3) is 0 Å². The number of carbonyl (C=O) groups is 4. The molecule has 0 aliphatic heterocycles. The molecule has 229 valence electrons. The Balaban J connectivity index is -0.000000270. The first-order chi connectivity index (χ1) is 18.0. The van der Waals surface area contributed by atoms with E-state index in [0.717, 1.165) is 12.0 Å². The number of amides is 5. The normalized spacial score (nSPS) is 9.57. The number of benzene rings is 1. The van der Waals surface area contributed by atoms with Gasteiger partial charge in [0.2, 0.25) is 11.8 Å². The Labute approximate surface area is 266 Å². The number of nitrogens with two attached hydrogens (primary N) is 1. The van der Waals surface area contributed by atoms with Crippen LogP contribution in [0.5, 0.6) is 0 Å². The van der Waals surface area contributed by atoms with E-state index in [2.05, 4.69) is 21.3 Å². The summed E-state index contributed by atoms with van der Waals surface area (Å²) in [6.07, 6.45) is 2.43. The average Bonchev–Trinajstić information content (AvgIpc) is 2.90. The van der Waals surface area contributed by atoms with Gasteiger partial charge < -0.3 is 44.0 Å². The maximum absolute atomic E-state index is 12.0. The Kier molecular flexibility index (Phi) is 36.6. The molecule has 0 heterocycles. The summed E-state index contributed by atoms with van der Waals surface area (Å²) >= 11 is 0. The van der Waals surface area contributed by atoms with Crippen LogP contribution in [-0.4, -0.2) is 49.4 Å². The molecular formula is C28H51N5O6Y-2. The Morgan fingerprint density at radius 3 is 1.85 bits per heavy atom. The standard InChI is InChI=1S/C19H26N3O5.C4H10N2O.2C2H6.CH3.Y/c1-12(2)17(21-11-23)18(25)20-9-16(24)22-15-7-5-14(6-8-15)10-27-19(26)13(3)4;1-2-3-6-4(5)7;2*1-2;;/h5-8,12-13,17H,9-10H2,1-4H3,(H,20,25)(H,21,23)(H,22,24);2-3H2,1H3,(H3,5,6,7);2*1-2H3;1H3;/q-1;;;;-1;. The van der Waals surface area contributed by atoms with Crippen LogP contribution in [0.2, 0.25) is 0 Å². The molecule has 1 rings (SSSR count). The third kappa shape index (κ3) is 25.7. The quantitative estimate of drug-likeness (QED) is 0.132. The van der Waals surface area contributed by atoms with Gasteiger partial charge in [-0.1, -0.05) is 74.4 Å². The predicted molar refractivity (Wildman–Crippen MR) is 157 cm³/mol. The summed E-state index contributed by atoms with van der Waals surface area (Å²) in [7, 11) is 0. The van der Waals surface area contributed by atoms with E-state index < -0.39 is 23.9 Å². The second kappa shape index (κ2) is 31.0. The van der Waals surface area contributed by atoms with Crippen molar-refractivity contribution in [2.45, 2.75) is 81.4 Å². The number of carbonyl (C=O) groups excluding carboxylic acids is 5. The number of rotatable bonds is 12. The van der Waals surface area contributed by atoms with Gasteiger partial charge in [0, 0.05) is 44.9 Å². The van der Waals surface area contributed by atoms with E-state index in [-0.39, 0.29) is 71.1 Å². The Hall–Kier alpha value is -2.53. The fourth-order valence-electron chi connectivity index (χ4n) is 2.33. The molecule has 0 aliphatic carbocycles. The van der Waals surface area contributed by atoms with Crippen molar-refractivity contribution in [3.05, 3.63) is 37.3 Å². The SMILES string of the molecule is CC.CC.CC(C)C(=O)OCc1ccc(NC(=O)CNC(=O)C(N[C-]=O)C(C)C)cc1.CCCNC(N)=O.[CH3-].[Y]. The molecule has 0 saturated heterocycles. The van der Waals surface area contributed by atoms with E-state index in [4.69, 9.17) is 10.5 Å². The molecular weight excluding hydrogens is 591 g/mol. The molecule has 40 heavy (non-hydrogen) atoms. The van der Waals surface area contributed by atoms with Crippen molar-refractivity contribution in [3.8, 4) is 0 Å². The minimum atomic E-state index is -0.747. The molecule has 1 atom stereocenters. The van der Waals surface area contributed by atoms with Gasteiger partial charge in [-0.25, -0.2) is 4.79 Å². The summed E-state index contributed by atoms with van der Waals surface area (Å²) in [6.45, 7) is 17.6. The summed E-state index contributed by atoms with van der Waals surface area (Å²) < 4.78 is 5.13. The molecule has 11 nitrogen and oxygen atoms in total. The van der Waals surface area contributed by atoms with E-state index in [1.165, 1.54) is 6.41 Å². The van der Waals surface area contributed by atoms with Crippen molar-refractivity contribution in [1.29, 1.82) is 0 Å². The van der Waals surface area contributed by atoms with Crippen molar-refractivity contribution in [2.24, 2.45) is 17.6 Å². The first-order valence-corrected chi connectivity index (χ1v) is 13.0. The zero-order chi connectivity index (χ0) is 30.1. The molecule has 1 aromatic rings. The Morgan fingerprint density at radius 1 is 0.950 bits per heavy atom. The molecule has 0 saturated carbocycles. The van der Waals surface area contributed by atoms with Crippen LogP contribution in [0.25, 0.3) is 0 Å². The van der Waals surface area contributed by atoms with Crippen molar-refractivity contribution in [1.82, 2.24) is 16.0 Å². The molecule has 1 aromatic carbocycles. The molecule has 0 bridgehead atoms. The summed E-state index contributed by atoms with van der Waals surface area (Å²) in [5, 5.41) is 9.86. The number of esters is 1. The van der Waals surface area contributed by atoms with E-state index in [1.54, 1.807) is 52.0 Å². The van der Waals surface area contributed by atoms with Crippen LogP contribution in [0.1, 0.15) is 74.3 Å². The van der Waals surface area contributed by atoms with E-state index >= 15 is 0 Å². The molecule has 12 heteroatoms. The van der Waals surface area contributed by atoms with E-state index in [9.17, 15) is 24.0 Å². The Bertz CT molecular complexity index is 805. The topological polar surface area (TPSA) is 169 Å². The van der Waals surface area contributed by atoms with Gasteiger partial charge in [0.05, 0.1) is 18.5 Å². The fraction of sp³-hybridized carbons (Fsp3) is 0.571. The smallest absolute Gasteiger partial charge is 0.312 e. The van der Waals surface area contributed by atoms with Crippen molar-refractivity contribution < 1.29 is 61.4 Å². The molecule has 0 fully saturated rings. The summed E-state index contributed by atoms with van der Waals surface area (Å²) in [5.41, 5.74) is 6.07. The zero-order valence-corrected chi connectivity index (χ0v) is 28.8. The number of primary amides is 1. The van der Waals surface area contributed by atoms with Gasteiger partial charge in [-0.05, 0) is 30.0 Å². The maximum Gasteiger partial charge on any atom is 0.312 e. The maximum atomic E-state index is 12.0. The molecule has 5 amide bonds. The molecule has 0 aliphatic rings. The number of ether oxygens (including phenoxy) is 1. The van der Waals surface area contributed by atoms with Gasteiger partial charge in [-0.3, -0.25) is 14.4 Å². The van der Waals surface area contributed by atoms with Gasteiger partial charge in [0.15, 0.2) is 0 Å². The van der Waals surface area contributed by atoms with Crippen molar-refractivity contribution >= 4 is 35.9 Å². The number of hydrogen-bond acceptors (Lipinski definition) is 6. The van der Waals surface area contributed by atoms with Gasteiger partial charge in [-0.2, -0.15) is 6.41 Å². The third-order valence-corrected chi connectivity index (χ3v) is 4.23. The molecule has 1 unspecified atom stereocenters. The number of anilines is 1. The van der Waals surface area contributed by atoms with Crippen LogP contribution in [0.4, 0.5) is 10.5 Å². The van der Waals surface area contributed by atoms with Crippen molar-refractivity contribution in [3.63, 3.8) is 0 Å². The first kappa shape index (κ1) is 47.3. The predicted octanol–water partition coefficient (Wildman–Crippen LogP) is 3.69. The summed E-state index contributed by atoms with van der Waals surface area (Å²) in [4.78, 5) is 55.7. The minimum absolute atomic E-state index is 0. The Morgan fingerprint density at radius 2 is 1.48 bits per heavy atom. The molecule has 0 aromatic heterocycles. The second-order valence-electron chi connectivity index (χ2n) is 7.98. The van der Waals surface area contributed by atoms with Crippen LogP contribution < -0.4 is 27.0 Å². The minimum Gasteiger partial charge on any atom is -0.520 e. The van der Waals surface area contributed by atoms with Crippen LogP contribution >= 0.6 is 0 Å². The largest absolute Gasteiger partial charge is 0.520 e. The van der Waals surface area contributed by atoms with Crippen LogP contribution in [-0.2, 0) is 63.2 Å². The molecule has 1 radical (unpaired) electrons. The summed E-state index contributed by atoms with van der Waals surface area (Å²) in [5.74, 6) is -1.45. The van der Waals surface area contributed by atoms with E-state index in [0.29, 0.717) is 12.2 Å². The number of urea groups is 1. The van der Waals surface area contributed by atoms with Crippen LogP contribution in [0, 0.1) is 19.3 Å². The average molecular weight is 643 g/mol. The number of nitrogens with one attached hydrogen (secondary N) is 4.